The molecule has 9 heteroatoms. The van der Waals surface area contributed by atoms with Crippen LogP contribution in [0, 0.1) is 6.92 Å². The fraction of sp³-hybridized carbons (Fsp3) is 0.364. The van der Waals surface area contributed by atoms with E-state index in [0.29, 0.717) is 17.3 Å². The van der Waals surface area contributed by atoms with E-state index in [1.54, 1.807) is 25.1 Å². The fourth-order valence-electron chi connectivity index (χ4n) is 3.54. The molecule has 2 N–H and O–H groups in total. The number of carbonyl (C=O) groups excluding carboxylic acids is 2. The maximum Gasteiger partial charge on any atom is 0.251 e. The van der Waals surface area contributed by atoms with Crippen molar-refractivity contribution in [3.63, 3.8) is 0 Å². The number of halogens is 1. The van der Waals surface area contributed by atoms with Gasteiger partial charge >= 0.3 is 0 Å². The van der Waals surface area contributed by atoms with E-state index in [-0.39, 0.29) is 23.0 Å². The molecule has 1 saturated heterocycles. The molecule has 166 valence electrons. The van der Waals surface area contributed by atoms with Gasteiger partial charge in [-0.3, -0.25) is 9.59 Å². The number of rotatable bonds is 6. The molecule has 2 amide bonds. The number of piperidine rings is 1. The average Bonchev–Trinajstić information content (AvgIpc) is 2.75. The summed E-state index contributed by atoms with van der Waals surface area (Å²) in [4.78, 5) is 24.7. The van der Waals surface area contributed by atoms with Gasteiger partial charge < -0.3 is 10.6 Å². The maximum atomic E-state index is 12.9. The Morgan fingerprint density at radius 1 is 1.13 bits per heavy atom. The minimum absolute atomic E-state index is 0.0385. The van der Waals surface area contributed by atoms with Crippen LogP contribution < -0.4 is 10.6 Å². The molecule has 0 aliphatic carbocycles. The minimum Gasteiger partial charge on any atom is -0.343 e. The summed E-state index contributed by atoms with van der Waals surface area (Å²) in [5.74, 6) is -0.856. The molecule has 0 saturated carbocycles. The quantitative estimate of drug-likeness (QED) is 0.684. The third kappa shape index (κ3) is 5.44. The Labute approximate surface area is 187 Å². The summed E-state index contributed by atoms with van der Waals surface area (Å²) < 4.78 is 27.3. The first-order chi connectivity index (χ1) is 14.7. The van der Waals surface area contributed by atoms with Gasteiger partial charge in [-0.05, 0) is 68.7 Å². The standard InChI is InChI=1S/C22H26ClN3O4S/c1-15-6-3-4-13-26(15)31(29,30)18-11-9-17(10-12-18)22(28)24-14-21(27)25-20-8-5-7-19(23)16(20)2/h5,7-12,15H,3-4,6,13-14H2,1-2H3,(H,24,28)(H,25,27)/t15-/m1/s1. The Morgan fingerprint density at radius 2 is 1.84 bits per heavy atom. The first-order valence-electron chi connectivity index (χ1n) is 10.1. The predicted molar refractivity (Wildman–Crippen MR) is 121 cm³/mol. The molecular weight excluding hydrogens is 438 g/mol. The van der Waals surface area contributed by atoms with Gasteiger partial charge in [-0.15, -0.1) is 0 Å². The maximum absolute atomic E-state index is 12.9. The summed E-state index contributed by atoms with van der Waals surface area (Å²) in [6.07, 6.45) is 2.72. The van der Waals surface area contributed by atoms with E-state index in [1.165, 1.54) is 28.6 Å². The van der Waals surface area contributed by atoms with Gasteiger partial charge in [0.05, 0.1) is 11.4 Å². The van der Waals surface area contributed by atoms with Crippen molar-refractivity contribution in [2.24, 2.45) is 0 Å². The zero-order chi connectivity index (χ0) is 22.6. The van der Waals surface area contributed by atoms with Gasteiger partial charge in [0.1, 0.15) is 0 Å². The van der Waals surface area contributed by atoms with Gasteiger partial charge in [-0.2, -0.15) is 4.31 Å². The molecule has 0 aromatic heterocycles. The van der Waals surface area contributed by atoms with Crippen molar-refractivity contribution < 1.29 is 18.0 Å². The molecule has 1 fully saturated rings. The molecule has 0 radical (unpaired) electrons. The van der Waals surface area contributed by atoms with Gasteiger partial charge in [-0.25, -0.2) is 8.42 Å². The number of hydrogen-bond donors (Lipinski definition) is 2. The summed E-state index contributed by atoms with van der Waals surface area (Å²) in [5.41, 5.74) is 1.59. The molecular formula is C22H26ClN3O4S. The van der Waals surface area contributed by atoms with Crippen LogP contribution in [0.5, 0.6) is 0 Å². The molecule has 1 heterocycles. The van der Waals surface area contributed by atoms with Crippen LogP contribution in [-0.4, -0.2) is 43.7 Å². The van der Waals surface area contributed by atoms with E-state index in [4.69, 9.17) is 11.6 Å². The van der Waals surface area contributed by atoms with Gasteiger partial charge in [0.25, 0.3) is 5.91 Å². The van der Waals surface area contributed by atoms with E-state index in [9.17, 15) is 18.0 Å². The van der Waals surface area contributed by atoms with Gasteiger partial charge in [0.15, 0.2) is 0 Å². The summed E-state index contributed by atoms with van der Waals surface area (Å²) in [6.45, 7) is 3.98. The number of nitrogens with one attached hydrogen (secondary N) is 2. The van der Waals surface area contributed by atoms with Crippen LogP contribution in [0.2, 0.25) is 5.02 Å². The molecule has 0 bridgehead atoms. The second-order valence-corrected chi connectivity index (χ2v) is 9.93. The Bertz CT molecular complexity index is 1070. The Morgan fingerprint density at radius 3 is 2.52 bits per heavy atom. The van der Waals surface area contributed by atoms with E-state index >= 15 is 0 Å². The molecule has 2 aromatic carbocycles. The van der Waals surface area contributed by atoms with Crippen molar-refractivity contribution in [1.82, 2.24) is 9.62 Å². The number of anilines is 1. The van der Waals surface area contributed by atoms with Crippen LogP contribution in [0.15, 0.2) is 47.4 Å². The largest absolute Gasteiger partial charge is 0.343 e. The van der Waals surface area contributed by atoms with E-state index in [1.807, 2.05) is 6.92 Å². The normalized spacial score (nSPS) is 17.2. The summed E-state index contributed by atoms with van der Waals surface area (Å²) >= 11 is 6.04. The van der Waals surface area contributed by atoms with Crippen LogP contribution >= 0.6 is 11.6 Å². The van der Waals surface area contributed by atoms with E-state index < -0.39 is 21.8 Å². The summed E-state index contributed by atoms with van der Waals surface area (Å²) in [7, 11) is -3.59. The first-order valence-corrected chi connectivity index (χ1v) is 12.0. The van der Waals surface area contributed by atoms with E-state index in [0.717, 1.165) is 24.8 Å². The van der Waals surface area contributed by atoms with Crippen LogP contribution in [-0.2, 0) is 14.8 Å². The lowest BCUT2D eigenvalue weighted by Crippen LogP contribution is -2.41. The molecule has 3 rings (SSSR count). The lowest BCUT2D eigenvalue weighted by molar-refractivity contribution is -0.115. The predicted octanol–water partition coefficient (Wildman–Crippen LogP) is 3.58. The minimum atomic E-state index is -3.59. The molecule has 1 atom stereocenters. The van der Waals surface area contributed by atoms with Crippen LogP contribution in [0.25, 0.3) is 0 Å². The number of hydrogen-bond acceptors (Lipinski definition) is 4. The van der Waals surface area contributed by atoms with Crippen molar-refractivity contribution in [1.29, 1.82) is 0 Å². The van der Waals surface area contributed by atoms with Crippen LogP contribution in [0.3, 0.4) is 0 Å². The van der Waals surface area contributed by atoms with Gasteiger partial charge in [-0.1, -0.05) is 24.1 Å². The molecule has 0 spiro atoms. The van der Waals surface area contributed by atoms with Crippen molar-refractivity contribution >= 4 is 39.1 Å². The van der Waals surface area contributed by atoms with Crippen LogP contribution in [0.1, 0.15) is 42.1 Å². The lowest BCUT2D eigenvalue weighted by Gasteiger charge is -2.32. The number of amides is 2. The van der Waals surface area contributed by atoms with Crippen molar-refractivity contribution in [3.8, 4) is 0 Å². The van der Waals surface area contributed by atoms with Crippen molar-refractivity contribution in [2.45, 2.75) is 44.0 Å². The van der Waals surface area contributed by atoms with Gasteiger partial charge in [0.2, 0.25) is 15.9 Å². The van der Waals surface area contributed by atoms with Crippen LogP contribution in [0.4, 0.5) is 5.69 Å². The van der Waals surface area contributed by atoms with Gasteiger partial charge in [0, 0.05) is 28.9 Å². The molecule has 7 nitrogen and oxygen atoms in total. The third-order valence-corrected chi connectivity index (χ3v) is 7.85. The Hall–Kier alpha value is -2.42. The number of sulfonamides is 1. The second kappa shape index (κ2) is 9.80. The number of nitrogens with zero attached hydrogens (tertiary/aromatic N) is 1. The SMILES string of the molecule is Cc1c(Cl)cccc1NC(=O)CNC(=O)c1ccc(S(=O)(=O)N2CCCC[C@H]2C)cc1. The lowest BCUT2D eigenvalue weighted by atomic mass is 10.1. The molecule has 1 aliphatic rings. The highest BCUT2D eigenvalue weighted by molar-refractivity contribution is 7.89. The highest BCUT2D eigenvalue weighted by Crippen LogP contribution is 2.25. The molecule has 1 aliphatic heterocycles. The zero-order valence-electron chi connectivity index (χ0n) is 17.5. The smallest absolute Gasteiger partial charge is 0.251 e. The molecule has 0 unspecified atom stereocenters. The highest BCUT2D eigenvalue weighted by Gasteiger charge is 2.30. The summed E-state index contributed by atoms with van der Waals surface area (Å²) in [5, 5.41) is 5.78. The van der Waals surface area contributed by atoms with Crippen molar-refractivity contribution in [2.75, 3.05) is 18.4 Å². The first kappa shape index (κ1) is 23.2. The molecule has 31 heavy (non-hydrogen) atoms. The number of carbonyl (C=O) groups is 2. The third-order valence-electron chi connectivity index (χ3n) is 5.42. The Kier molecular flexibility index (Phi) is 7.35. The fourth-order valence-corrected chi connectivity index (χ4v) is 5.42. The monoisotopic (exact) mass is 463 g/mol. The molecule has 2 aromatic rings. The zero-order valence-corrected chi connectivity index (χ0v) is 19.1. The number of benzene rings is 2. The Balaban J connectivity index is 1.60. The average molecular weight is 464 g/mol. The van der Waals surface area contributed by atoms with Crippen molar-refractivity contribution in [3.05, 3.63) is 58.6 Å². The second-order valence-electron chi connectivity index (χ2n) is 7.63. The summed E-state index contributed by atoms with van der Waals surface area (Å²) in [6, 6.07) is 10.9. The highest BCUT2D eigenvalue weighted by atomic mass is 35.5. The van der Waals surface area contributed by atoms with E-state index in [2.05, 4.69) is 10.6 Å². The topological polar surface area (TPSA) is 95.6 Å².